The van der Waals surface area contributed by atoms with Crippen molar-refractivity contribution in [2.24, 2.45) is 0 Å². The van der Waals surface area contributed by atoms with E-state index >= 15 is 0 Å². The van der Waals surface area contributed by atoms with Crippen molar-refractivity contribution in [2.45, 2.75) is 57.7 Å². The van der Waals surface area contributed by atoms with E-state index in [2.05, 4.69) is 6.92 Å². The number of hydrogen-bond donors (Lipinski definition) is 0. The summed E-state index contributed by atoms with van der Waals surface area (Å²) in [5, 5.41) is 0. The predicted octanol–water partition coefficient (Wildman–Crippen LogP) is 5.78. The van der Waals surface area contributed by atoms with Crippen LogP contribution in [-0.4, -0.2) is 24.8 Å². The summed E-state index contributed by atoms with van der Waals surface area (Å²) in [6.45, 7) is 2.98. The summed E-state index contributed by atoms with van der Waals surface area (Å²) in [4.78, 5) is 12.4. The number of carbonyl (C=O) groups excluding carboxylic acids is 1. The first-order valence-corrected chi connectivity index (χ1v) is 9.84. The molecule has 1 aliphatic carbocycles. The molecular formula is C23H27FO3. The van der Waals surface area contributed by atoms with E-state index in [0.717, 1.165) is 56.3 Å². The average Bonchev–Trinajstić information content (AvgIpc) is 2.70. The summed E-state index contributed by atoms with van der Waals surface area (Å²) in [6, 6.07) is 13.6. The maximum atomic E-state index is 13.0. The quantitative estimate of drug-likeness (QED) is 0.458. The second-order valence-corrected chi connectivity index (χ2v) is 7.11. The van der Waals surface area contributed by atoms with Crippen molar-refractivity contribution in [3.05, 3.63) is 59.9 Å². The summed E-state index contributed by atoms with van der Waals surface area (Å²) < 4.78 is 24.6. The molecule has 2 aromatic carbocycles. The molecule has 1 aliphatic rings. The number of hydrogen-bond acceptors (Lipinski definition) is 3. The van der Waals surface area contributed by atoms with Gasteiger partial charge < -0.3 is 9.47 Å². The van der Waals surface area contributed by atoms with Gasteiger partial charge in [0.1, 0.15) is 11.9 Å². The van der Waals surface area contributed by atoms with Gasteiger partial charge in [-0.25, -0.2) is 9.18 Å². The van der Waals surface area contributed by atoms with Gasteiger partial charge in [0.15, 0.2) is 0 Å². The topological polar surface area (TPSA) is 35.5 Å². The number of unbranched alkanes of at least 4 members (excludes halogenated alkanes) is 1. The number of esters is 1. The Morgan fingerprint density at radius 2 is 1.48 bits per heavy atom. The maximum Gasteiger partial charge on any atom is 0.338 e. The number of rotatable bonds is 7. The van der Waals surface area contributed by atoms with Gasteiger partial charge in [-0.1, -0.05) is 37.6 Å². The second-order valence-electron chi connectivity index (χ2n) is 7.11. The van der Waals surface area contributed by atoms with E-state index in [1.165, 1.54) is 12.1 Å². The highest BCUT2D eigenvalue weighted by molar-refractivity contribution is 5.90. The summed E-state index contributed by atoms with van der Waals surface area (Å²) in [7, 11) is 0. The molecule has 0 bridgehead atoms. The van der Waals surface area contributed by atoms with Gasteiger partial charge in [-0.2, -0.15) is 0 Å². The molecule has 0 aromatic heterocycles. The number of benzene rings is 2. The van der Waals surface area contributed by atoms with E-state index in [1.807, 2.05) is 12.1 Å². The summed E-state index contributed by atoms with van der Waals surface area (Å²) in [5.74, 6) is -0.541. The van der Waals surface area contributed by atoms with Gasteiger partial charge in [0, 0.05) is 6.61 Å². The van der Waals surface area contributed by atoms with Crippen molar-refractivity contribution in [1.82, 2.24) is 0 Å². The van der Waals surface area contributed by atoms with Crippen molar-refractivity contribution in [3.63, 3.8) is 0 Å². The van der Waals surface area contributed by atoms with Crippen molar-refractivity contribution in [2.75, 3.05) is 6.61 Å². The molecule has 27 heavy (non-hydrogen) atoms. The normalized spacial score (nSPS) is 19.6. The molecule has 0 saturated heterocycles. The molecule has 1 fully saturated rings. The molecular weight excluding hydrogens is 343 g/mol. The van der Waals surface area contributed by atoms with Gasteiger partial charge in [0.05, 0.1) is 11.7 Å². The molecule has 144 valence electrons. The molecule has 0 heterocycles. The Morgan fingerprint density at radius 1 is 0.926 bits per heavy atom. The molecule has 0 unspecified atom stereocenters. The van der Waals surface area contributed by atoms with Gasteiger partial charge in [-0.15, -0.1) is 0 Å². The minimum absolute atomic E-state index is 0.0275. The fraction of sp³-hybridized carbons (Fsp3) is 0.435. The van der Waals surface area contributed by atoms with E-state index in [9.17, 15) is 9.18 Å². The Kier molecular flexibility index (Phi) is 6.99. The number of halogens is 1. The van der Waals surface area contributed by atoms with Crippen LogP contribution in [0.4, 0.5) is 4.39 Å². The van der Waals surface area contributed by atoms with Crippen molar-refractivity contribution in [1.29, 1.82) is 0 Å². The van der Waals surface area contributed by atoms with Crippen LogP contribution in [0.1, 0.15) is 55.8 Å². The van der Waals surface area contributed by atoms with Gasteiger partial charge >= 0.3 is 5.97 Å². The summed E-state index contributed by atoms with van der Waals surface area (Å²) >= 11 is 0. The Labute approximate surface area is 160 Å². The standard InChI is InChI=1S/C23H27FO3/c1-2-3-16-26-21-12-14-22(15-13-21)27-23(25)19-6-4-17(5-7-19)18-8-10-20(24)11-9-18/h4-11,21-22H,2-3,12-16H2,1H3/t21-,22-. The average molecular weight is 370 g/mol. The van der Waals surface area contributed by atoms with Crippen LogP contribution in [0.2, 0.25) is 0 Å². The highest BCUT2D eigenvalue weighted by Crippen LogP contribution is 2.25. The van der Waals surface area contributed by atoms with Crippen LogP contribution >= 0.6 is 0 Å². The summed E-state index contributed by atoms with van der Waals surface area (Å²) in [5.41, 5.74) is 2.40. The van der Waals surface area contributed by atoms with Crippen LogP contribution in [0.25, 0.3) is 11.1 Å². The lowest BCUT2D eigenvalue weighted by Gasteiger charge is -2.28. The Balaban J connectivity index is 1.49. The first-order chi connectivity index (χ1) is 13.2. The van der Waals surface area contributed by atoms with Crippen LogP contribution in [0.3, 0.4) is 0 Å². The lowest BCUT2D eigenvalue weighted by Crippen LogP contribution is -2.28. The minimum Gasteiger partial charge on any atom is -0.459 e. The monoisotopic (exact) mass is 370 g/mol. The molecule has 1 saturated carbocycles. The second kappa shape index (κ2) is 9.65. The van der Waals surface area contributed by atoms with Crippen LogP contribution in [0, 0.1) is 5.82 Å². The first-order valence-electron chi connectivity index (χ1n) is 9.84. The Bertz CT molecular complexity index is 716. The van der Waals surface area contributed by atoms with E-state index in [1.54, 1.807) is 24.3 Å². The Morgan fingerprint density at radius 3 is 2.07 bits per heavy atom. The largest absolute Gasteiger partial charge is 0.459 e. The third-order valence-electron chi connectivity index (χ3n) is 5.04. The number of carbonyl (C=O) groups is 1. The lowest BCUT2D eigenvalue weighted by molar-refractivity contribution is -0.0201. The first kappa shape index (κ1) is 19.6. The smallest absolute Gasteiger partial charge is 0.338 e. The summed E-state index contributed by atoms with van der Waals surface area (Å²) in [6.07, 6.45) is 6.14. The molecule has 0 spiro atoms. The van der Waals surface area contributed by atoms with Gasteiger partial charge in [0.25, 0.3) is 0 Å². The fourth-order valence-corrected chi connectivity index (χ4v) is 3.37. The molecule has 4 heteroatoms. The van der Waals surface area contributed by atoms with E-state index in [-0.39, 0.29) is 17.9 Å². The number of ether oxygens (including phenoxy) is 2. The van der Waals surface area contributed by atoms with Crippen molar-refractivity contribution >= 4 is 5.97 Å². The van der Waals surface area contributed by atoms with Crippen molar-refractivity contribution in [3.8, 4) is 11.1 Å². The zero-order valence-corrected chi connectivity index (χ0v) is 15.8. The fourth-order valence-electron chi connectivity index (χ4n) is 3.37. The lowest BCUT2D eigenvalue weighted by atomic mass is 9.95. The molecule has 0 radical (unpaired) electrons. The Hall–Kier alpha value is -2.20. The molecule has 0 aliphatic heterocycles. The zero-order valence-electron chi connectivity index (χ0n) is 15.8. The van der Waals surface area contributed by atoms with Crippen LogP contribution in [0.5, 0.6) is 0 Å². The minimum atomic E-state index is -0.281. The van der Waals surface area contributed by atoms with Crippen molar-refractivity contribution < 1.29 is 18.7 Å². The van der Waals surface area contributed by atoms with Gasteiger partial charge in [0.2, 0.25) is 0 Å². The highest BCUT2D eigenvalue weighted by Gasteiger charge is 2.24. The van der Waals surface area contributed by atoms with E-state index < -0.39 is 0 Å². The predicted molar refractivity (Wildman–Crippen MR) is 104 cm³/mol. The SMILES string of the molecule is CCCCO[C@H]1CC[C@H](OC(=O)c2ccc(-c3ccc(F)cc3)cc2)CC1. The molecule has 3 nitrogen and oxygen atoms in total. The molecule has 0 N–H and O–H groups in total. The molecule has 0 atom stereocenters. The third-order valence-corrected chi connectivity index (χ3v) is 5.04. The third kappa shape index (κ3) is 5.64. The van der Waals surface area contributed by atoms with E-state index in [0.29, 0.717) is 11.7 Å². The van der Waals surface area contributed by atoms with Gasteiger partial charge in [-0.3, -0.25) is 0 Å². The molecule has 3 rings (SSSR count). The van der Waals surface area contributed by atoms with Crippen LogP contribution in [-0.2, 0) is 9.47 Å². The van der Waals surface area contributed by atoms with Crippen LogP contribution in [0.15, 0.2) is 48.5 Å². The molecule has 0 amide bonds. The molecule has 2 aromatic rings. The van der Waals surface area contributed by atoms with Crippen LogP contribution < -0.4 is 0 Å². The van der Waals surface area contributed by atoms with Gasteiger partial charge in [-0.05, 0) is 67.5 Å². The zero-order chi connectivity index (χ0) is 19.1. The maximum absolute atomic E-state index is 13.0. The van der Waals surface area contributed by atoms with E-state index in [4.69, 9.17) is 9.47 Å². The highest BCUT2D eigenvalue weighted by atomic mass is 19.1.